The highest BCUT2D eigenvalue weighted by atomic mass is 16.7. The Kier molecular flexibility index (Phi) is 3.42. The number of benzene rings is 1. The summed E-state index contributed by atoms with van der Waals surface area (Å²) in [4.78, 5) is 30.3. The van der Waals surface area contributed by atoms with Gasteiger partial charge in [-0.2, -0.15) is 0 Å². The number of pyridine rings is 1. The zero-order chi connectivity index (χ0) is 19.4. The molecular formula is C20H16N4O4. The van der Waals surface area contributed by atoms with Crippen LogP contribution >= 0.6 is 0 Å². The van der Waals surface area contributed by atoms with E-state index in [0.717, 1.165) is 5.56 Å². The number of nitrogens with zero attached hydrogens (tertiary/aromatic N) is 3. The summed E-state index contributed by atoms with van der Waals surface area (Å²) in [5, 5.41) is 3.22. The fraction of sp³-hybridized carbons (Fsp3) is 0.150. The van der Waals surface area contributed by atoms with E-state index in [2.05, 4.69) is 10.3 Å². The van der Waals surface area contributed by atoms with Crippen LogP contribution in [0.3, 0.4) is 0 Å². The maximum atomic E-state index is 12.9. The molecule has 5 rings (SSSR count). The summed E-state index contributed by atoms with van der Waals surface area (Å²) in [7, 11) is 1.72. The lowest BCUT2D eigenvalue weighted by molar-refractivity contribution is 0.101. The van der Waals surface area contributed by atoms with E-state index < -0.39 is 0 Å². The number of anilines is 1. The molecule has 28 heavy (non-hydrogen) atoms. The largest absolute Gasteiger partial charge is 0.454 e. The van der Waals surface area contributed by atoms with E-state index in [-0.39, 0.29) is 18.3 Å². The summed E-state index contributed by atoms with van der Waals surface area (Å²) in [5.74, 6) is 0.878. The molecule has 0 unspecified atom stereocenters. The lowest BCUT2D eigenvalue weighted by atomic mass is 10.2. The molecule has 0 fully saturated rings. The molecule has 3 aromatic heterocycles. The van der Waals surface area contributed by atoms with Crippen molar-refractivity contribution >= 4 is 28.3 Å². The number of aryl methyl sites for hydroxylation is 2. The molecule has 1 aliphatic heterocycles. The zero-order valence-electron chi connectivity index (χ0n) is 15.2. The standard InChI is InChI=1S/C20H16N4O4/c1-11-4-3-7-24-17(11)22-18-13(20(24)26)9-14(23(18)2)19(25)21-12-5-6-15-16(8-12)28-10-27-15/h3-9H,10H2,1-2H3,(H,21,25). The van der Waals surface area contributed by atoms with Gasteiger partial charge in [0.15, 0.2) is 11.5 Å². The maximum Gasteiger partial charge on any atom is 0.272 e. The van der Waals surface area contributed by atoms with Crippen molar-refractivity contribution in [2.45, 2.75) is 6.92 Å². The first kappa shape index (κ1) is 16.4. The summed E-state index contributed by atoms with van der Waals surface area (Å²) in [5.41, 5.74) is 2.63. The number of nitrogens with one attached hydrogen (secondary N) is 1. The molecule has 0 saturated heterocycles. The van der Waals surface area contributed by atoms with Gasteiger partial charge in [-0.25, -0.2) is 4.98 Å². The van der Waals surface area contributed by atoms with Gasteiger partial charge >= 0.3 is 0 Å². The topological polar surface area (TPSA) is 86.9 Å². The Morgan fingerprint density at radius 3 is 2.82 bits per heavy atom. The number of amides is 1. The Bertz CT molecular complexity index is 1340. The van der Waals surface area contributed by atoms with Crippen molar-refractivity contribution in [1.29, 1.82) is 0 Å². The van der Waals surface area contributed by atoms with E-state index in [4.69, 9.17) is 9.47 Å². The predicted molar refractivity (Wildman–Crippen MR) is 103 cm³/mol. The van der Waals surface area contributed by atoms with Gasteiger partial charge < -0.3 is 19.4 Å². The highest BCUT2D eigenvalue weighted by Crippen LogP contribution is 2.34. The third-order valence-electron chi connectivity index (χ3n) is 4.89. The minimum atomic E-state index is -0.343. The van der Waals surface area contributed by atoms with Crippen molar-refractivity contribution in [2.75, 3.05) is 12.1 Å². The minimum absolute atomic E-state index is 0.165. The van der Waals surface area contributed by atoms with E-state index >= 15 is 0 Å². The summed E-state index contributed by atoms with van der Waals surface area (Å²) in [6, 6.07) is 10.4. The molecule has 1 amide bonds. The Morgan fingerprint density at radius 2 is 1.96 bits per heavy atom. The number of hydrogen-bond acceptors (Lipinski definition) is 5. The third kappa shape index (κ3) is 2.34. The predicted octanol–water partition coefficient (Wildman–Crippen LogP) is 2.48. The van der Waals surface area contributed by atoms with Gasteiger partial charge in [-0.1, -0.05) is 6.07 Å². The van der Waals surface area contributed by atoms with Crippen LogP contribution in [0.25, 0.3) is 16.7 Å². The molecule has 8 heteroatoms. The second-order valence-electron chi connectivity index (χ2n) is 6.65. The van der Waals surface area contributed by atoms with Crippen molar-refractivity contribution in [3.8, 4) is 11.5 Å². The van der Waals surface area contributed by atoms with E-state index in [9.17, 15) is 9.59 Å². The van der Waals surface area contributed by atoms with E-state index in [1.807, 2.05) is 13.0 Å². The molecule has 0 aliphatic carbocycles. The van der Waals surface area contributed by atoms with Crippen LogP contribution in [0.5, 0.6) is 11.5 Å². The lowest BCUT2D eigenvalue weighted by Crippen LogP contribution is -2.16. The van der Waals surface area contributed by atoms with E-state index in [0.29, 0.717) is 39.6 Å². The van der Waals surface area contributed by atoms with E-state index in [1.54, 1.807) is 48.1 Å². The molecule has 4 heterocycles. The number of rotatable bonds is 2. The average Bonchev–Trinajstić information content (AvgIpc) is 3.27. The first-order valence-electron chi connectivity index (χ1n) is 8.71. The zero-order valence-corrected chi connectivity index (χ0v) is 15.2. The number of ether oxygens (including phenoxy) is 2. The van der Waals surface area contributed by atoms with Crippen molar-refractivity contribution < 1.29 is 14.3 Å². The van der Waals surface area contributed by atoms with Crippen LogP contribution in [-0.4, -0.2) is 26.7 Å². The van der Waals surface area contributed by atoms with Crippen LogP contribution in [0.2, 0.25) is 0 Å². The van der Waals surface area contributed by atoms with Gasteiger partial charge in [0.2, 0.25) is 6.79 Å². The fourth-order valence-electron chi connectivity index (χ4n) is 3.42. The molecule has 0 radical (unpaired) electrons. The first-order valence-corrected chi connectivity index (χ1v) is 8.71. The molecule has 0 bridgehead atoms. The van der Waals surface area contributed by atoms with Gasteiger partial charge in [0.1, 0.15) is 17.0 Å². The molecule has 0 saturated carbocycles. The molecule has 0 atom stereocenters. The normalized spacial score (nSPS) is 12.6. The van der Waals surface area contributed by atoms with Crippen LogP contribution < -0.4 is 20.3 Å². The van der Waals surface area contributed by atoms with Crippen LogP contribution in [-0.2, 0) is 7.05 Å². The lowest BCUT2D eigenvalue weighted by Gasteiger charge is -2.07. The highest BCUT2D eigenvalue weighted by Gasteiger charge is 2.19. The number of aromatic nitrogens is 3. The van der Waals surface area contributed by atoms with Crippen molar-refractivity contribution in [3.05, 3.63) is 64.2 Å². The summed E-state index contributed by atoms with van der Waals surface area (Å²) in [6.45, 7) is 2.06. The van der Waals surface area contributed by atoms with Gasteiger partial charge in [0.25, 0.3) is 11.5 Å². The second-order valence-corrected chi connectivity index (χ2v) is 6.65. The smallest absolute Gasteiger partial charge is 0.272 e. The van der Waals surface area contributed by atoms with Crippen molar-refractivity contribution in [2.24, 2.45) is 7.05 Å². The summed E-state index contributed by atoms with van der Waals surface area (Å²) in [6.07, 6.45) is 1.68. The number of fused-ring (bicyclic) bond motifs is 3. The van der Waals surface area contributed by atoms with Gasteiger partial charge in [0.05, 0.1) is 5.39 Å². The molecule has 8 nitrogen and oxygen atoms in total. The summed E-state index contributed by atoms with van der Waals surface area (Å²) < 4.78 is 13.7. The maximum absolute atomic E-state index is 12.9. The monoisotopic (exact) mass is 376 g/mol. The van der Waals surface area contributed by atoms with Crippen LogP contribution in [0.4, 0.5) is 5.69 Å². The average molecular weight is 376 g/mol. The van der Waals surface area contributed by atoms with Crippen molar-refractivity contribution in [3.63, 3.8) is 0 Å². The fourth-order valence-corrected chi connectivity index (χ4v) is 3.42. The van der Waals surface area contributed by atoms with Gasteiger partial charge in [0, 0.05) is 25.0 Å². The number of carbonyl (C=O) groups is 1. The van der Waals surface area contributed by atoms with E-state index in [1.165, 1.54) is 4.40 Å². The van der Waals surface area contributed by atoms with Gasteiger partial charge in [-0.05, 0) is 36.8 Å². The third-order valence-corrected chi connectivity index (χ3v) is 4.89. The van der Waals surface area contributed by atoms with Crippen LogP contribution in [0.1, 0.15) is 16.1 Å². The molecule has 1 aromatic carbocycles. The van der Waals surface area contributed by atoms with Gasteiger partial charge in [-0.3, -0.25) is 14.0 Å². The number of carbonyl (C=O) groups excluding carboxylic acids is 1. The minimum Gasteiger partial charge on any atom is -0.454 e. The van der Waals surface area contributed by atoms with Crippen LogP contribution in [0.15, 0.2) is 47.4 Å². The second kappa shape index (κ2) is 5.85. The Hall–Kier alpha value is -3.81. The molecule has 1 N–H and O–H groups in total. The molecule has 140 valence electrons. The Labute approximate surface area is 158 Å². The summed E-state index contributed by atoms with van der Waals surface area (Å²) >= 11 is 0. The Balaban J connectivity index is 1.59. The SMILES string of the molecule is Cc1cccn2c(=O)c3cc(C(=O)Nc4ccc5c(c4)OCO5)n(C)c3nc12. The quantitative estimate of drug-likeness (QED) is 0.581. The van der Waals surface area contributed by atoms with Crippen LogP contribution in [0, 0.1) is 6.92 Å². The molecule has 4 aromatic rings. The van der Waals surface area contributed by atoms with Gasteiger partial charge in [-0.15, -0.1) is 0 Å². The molecule has 1 aliphatic rings. The highest BCUT2D eigenvalue weighted by molar-refractivity contribution is 6.06. The van der Waals surface area contributed by atoms with Crippen molar-refractivity contribution in [1.82, 2.24) is 14.0 Å². The first-order chi connectivity index (χ1) is 13.5. The Morgan fingerprint density at radius 1 is 1.14 bits per heavy atom. The number of hydrogen-bond donors (Lipinski definition) is 1. The molecular weight excluding hydrogens is 360 g/mol. The molecule has 0 spiro atoms.